The molecule has 1 saturated heterocycles. The minimum Gasteiger partial charge on any atom is -0.327 e. The summed E-state index contributed by atoms with van der Waals surface area (Å²) in [5.41, 5.74) is 6.93. The third kappa shape index (κ3) is 2.82. The van der Waals surface area contributed by atoms with Crippen molar-refractivity contribution >= 4 is 0 Å². The highest BCUT2D eigenvalue weighted by Crippen LogP contribution is 2.24. The number of likely N-dealkylation sites (tertiary alicyclic amines) is 1. The van der Waals surface area contributed by atoms with Gasteiger partial charge in [-0.25, -0.2) is 4.39 Å². The first-order chi connectivity index (χ1) is 8.08. The molecule has 4 heteroatoms. The molecule has 0 saturated carbocycles. The maximum atomic E-state index is 12.8. The molecule has 0 aliphatic carbocycles. The van der Waals surface area contributed by atoms with Crippen LogP contribution in [0.15, 0.2) is 18.3 Å². The van der Waals surface area contributed by atoms with E-state index in [0.717, 1.165) is 25.2 Å². The summed E-state index contributed by atoms with van der Waals surface area (Å²) in [6.45, 7) is 6.28. The van der Waals surface area contributed by atoms with Crippen LogP contribution in [-0.2, 0) is 0 Å². The third-order valence-corrected chi connectivity index (χ3v) is 3.73. The van der Waals surface area contributed by atoms with Crippen molar-refractivity contribution in [1.82, 2.24) is 9.88 Å². The molecule has 1 aromatic heterocycles. The molecule has 0 amide bonds. The summed E-state index contributed by atoms with van der Waals surface area (Å²) in [5.74, 6) is 0.224. The van der Waals surface area contributed by atoms with Crippen molar-refractivity contribution in [3.8, 4) is 0 Å². The van der Waals surface area contributed by atoms with Gasteiger partial charge in [0.1, 0.15) is 5.82 Å². The van der Waals surface area contributed by atoms with Gasteiger partial charge in [-0.15, -0.1) is 0 Å². The summed E-state index contributed by atoms with van der Waals surface area (Å²) in [6, 6.07) is 3.77. The van der Waals surface area contributed by atoms with Crippen LogP contribution in [0.25, 0.3) is 0 Å². The standard InChI is InChI=1S/C13H20FN3/c1-9-8-17(6-5-12(9)15)10(2)13-4-3-11(14)7-16-13/h3-4,7,9-10,12H,5-6,8,15H2,1-2H3. The van der Waals surface area contributed by atoms with Crippen molar-refractivity contribution < 1.29 is 4.39 Å². The molecule has 0 radical (unpaired) electrons. The van der Waals surface area contributed by atoms with E-state index >= 15 is 0 Å². The van der Waals surface area contributed by atoms with Gasteiger partial charge in [-0.05, 0) is 31.4 Å². The topological polar surface area (TPSA) is 42.2 Å². The molecule has 0 aromatic carbocycles. The highest BCUT2D eigenvalue weighted by molar-refractivity contribution is 5.09. The SMILES string of the molecule is CC1CN(C(C)c2ccc(F)cn2)CCC1N. The van der Waals surface area contributed by atoms with Crippen molar-refractivity contribution in [2.75, 3.05) is 13.1 Å². The monoisotopic (exact) mass is 237 g/mol. The highest BCUT2D eigenvalue weighted by atomic mass is 19.1. The fourth-order valence-electron chi connectivity index (χ4n) is 2.37. The van der Waals surface area contributed by atoms with Gasteiger partial charge in [0.2, 0.25) is 0 Å². The van der Waals surface area contributed by atoms with Gasteiger partial charge < -0.3 is 5.73 Å². The molecule has 94 valence electrons. The first kappa shape index (κ1) is 12.5. The Morgan fingerprint density at radius 1 is 1.53 bits per heavy atom. The Morgan fingerprint density at radius 3 is 2.88 bits per heavy atom. The van der Waals surface area contributed by atoms with Gasteiger partial charge in [-0.1, -0.05) is 6.92 Å². The Labute approximate surface area is 102 Å². The molecule has 1 aliphatic heterocycles. The van der Waals surface area contributed by atoms with Crippen LogP contribution in [0, 0.1) is 11.7 Å². The molecular formula is C13H20FN3. The van der Waals surface area contributed by atoms with Gasteiger partial charge in [-0.3, -0.25) is 9.88 Å². The number of hydrogen-bond acceptors (Lipinski definition) is 3. The van der Waals surface area contributed by atoms with E-state index in [1.165, 1.54) is 12.3 Å². The normalized spacial score (nSPS) is 28.0. The van der Waals surface area contributed by atoms with Crippen molar-refractivity contribution in [2.24, 2.45) is 11.7 Å². The lowest BCUT2D eigenvalue weighted by atomic mass is 9.93. The molecule has 17 heavy (non-hydrogen) atoms. The average Bonchev–Trinajstić information content (AvgIpc) is 2.33. The number of hydrogen-bond donors (Lipinski definition) is 1. The number of pyridine rings is 1. The molecule has 1 aliphatic rings. The summed E-state index contributed by atoms with van der Waals surface area (Å²) >= 11 is 0. The van der Waals surface area contributed by atoms with E-state index in [1.54, 1.807) is 6.07 Å². The smallest absolute Gasteiger partial charge is 0.141 e. The van der Waals surface area contributed by atoms with Gasteiger partial charge in [0.15, 0.2) is 0 Å². The molecule has 2 rings (SSSR count). The Kier molecular flexibility index (Phi) is 3.74. The van der Waals surface area contributed by atoms with Crippen LogP contribution in [0.3, 0.4) is 0 Å². The van der Waals surface area contributed by atoms with Crippen LogP contribution in [-0.4, -0.2) is 29.0 Å². The van der Waals surface area contributed by atoms with E-state index < -0.39 is 0 Å². The Balaban J connectivity index is 2.05. The number of piperidine rings is 1. The second-order valence-corrected chi connectivity index (χ2v) is 5.00. The summed E-state index contributed by atoms with van der Waals surface area (Å²) in [7, 11) is 0. The number of nitrogens with zero attached hydrogens (tertiary/aromatic N) is 2. The third-order valence-electron chi connectivity index (χ3n) is 3.73. The van der Waals surface area contributed by atoms with Gasteiger partial charge in [-0.2, -0.15) is 0 Å². The molecule has 2 N–H and O–H groups in total. The maximum absolute atomic E-state index is 12.8. The predicted octanol–water partition coefficient (Wildman–Crippen LogP) is 1.95. The second-order valence-electron chi connectivity index (χ2n) is 5.00. The van der Waals surface area contributed by atoms with E-state index in [2.05, 4.69) is 23.7 Å². The van der Waals surface area contributed by atoms with Crippen LogP contribution >= 0.6 is 0 Å². The summed E-state index contributed by atoms with van der Waals surface area (Å²) < 4.78 is 12.8. The fraction of sp³-hybridized carbons (Fsp3) is 0.615. The van der Waals surface area contributed by atoms with Crippen molar-refractivity contribution in [1.29, 1.82) is 0 Å². The van der Waals surface area contributed by atoms with E-state index in [4.69, 9.17) is 5.73 Å². The zero-order valence-electron chi connectivity index (χ0n) is 10.4. The van der Waals surface area contributed by atoms with Gasteiger partial charge >= 0.3 is 0 Å². The molecular weight excluding hydrogens is 217 g/mol. The molecule has 3 atom stereocenters. The minimum atomic E-state index is -0.282. The van der Waals surface area contributed by atoms with Gasteiger partial charge in [0.05, 0.1) is 11.9 Å². The Hall–Kier alpha value is -1.00. The molecule has 0 spiro atoms. The lowest BCUT2D eigenvalue weighted by molar-refractivity contribution is 0.122. The average molecular weight is 237 g/mol. The van der Waals surface area contributed by atoms with E-state index in [-0.39, 0.29) is 11.9 Å². The van der Waals surface area contributed by atoms with Gasteiger partial charge in [0, 0.05) is 25.2 Å². The molecule has 3 unspecified atom stereocenters. The zero-order valence-corrected chi connectivity index (χ0v) is 10.4. The molecule has 1 fully saturated rings. The molecule has 2 heterocycles. The Bertz CT molecular complexity index is 365. The molecule has 1 aromatic rings. The predicted molar refractivity (Wildman–Crippen MR) is 65.9 cm³/mol. The number of rotatable bonds is 2. The lowest BCUT2D eigenvalue weighted by Crippen LogP contribution is -2.46. The second kappa shape index (κ2) is 5.10. The maximum Gasteiger partial charge on any atom is 0.141 e. The summed E-state index contributed by atoms with van der Waals surface area (Å²) in [5, 5.41) is 0. The van der Waals surface area contributed by atoms with Crippen LogP contribution in [0.5, 0.6) is 0 Å². The van der Waals surface area contributed by atoms with Crippen LogP contribution < -0.4 is 5.73 Å². The van der Waals surface area contributed by atoms with Crippen molar-refractivity contribution in [3.05, 3.63) is 29.8 Å². The number of aromatic nitrogens is 1. The molecule has 3 nitrogen and oxygen atoms in total. The quantitative estimate of drug-likeness (QED) is 0.855. The van der Waals surface area contributed by atoms with Crippen LogP contribution in [0.1, 0.15) is 32.0 Å². The van der Waals surface area contributed by atoms with Crippen LogP contribution in [0.4, 0.5) is 4.39 Å². The first-order valence-electron chi connectivity index (χ1n) is 6.19. The van der Waals surface area contributed by atoms with E-state index in [9.17, 15) is 4.39 Å². The number of halogens is 1. The first-order valence-corrected chi connectivity index (χ1v) is 6.19. The number of nitrogens with two attached hydrogens (primary N) is 1. The van der Waals surface area contributed by atoms with Crippen molar-refractivity contribution in [3.63, 3.8) is 0 Å². The fourth-order valence-corrected chi connectivity index (χ4v) is 2.37. The van der Waals surface area contributed by atoms with Crippen LogP contribution in [0.2, 0.25) is 0 Å². The van der Waals surface area contributed by atoms with Crippen molar-refractivity contribution in [2.45, 2.75) is 32.4 Å². The highest BCUT2D eigenvalue weighted by Gasteiger charge is 2.27. The lowest BCUT2D eigenvalue weighted by Gasteiger charge is -2.38. The largest absolute Gasteiger partial charge is 0.327 e. The summed E-state index contributed by atoms with van der Waals surface area (Å²) in [4.78, 5) is 6.52. The summed E-state index contributed by atoms with van der Waals surface area (Å²) in [6.07, 6.45) is 2.30. The molecule has 0 bridgehead atoms. The minimum absolute atomic E-state index is 0.227. The van der Waals surface area contributed by atoms with E-state index in [0.29, 0.717) is 12.0 Å². The van der Waals surface area contributed by atoms with Gasteiger partial charge in [0.25, 0.3) is 0 Å². The zero-order chi connectivity index (χ0) is 12.4. The van der Waals surface area contributed by atoms with E-state index in [1.807, 2.05) is 0 Å². The Morgan fingerprint density at radius 2 is 2.29 bits per heavy atom.